The highest BCUT2D eigenvalue weighted by atomic mass is 79.9. The summed E-state index contributed by atoms with van der Waals surface area (Å²) >= 11 is 3.49. The van der Waals surface area contributed by atoms with Gasteiger partial charge in [-0.1, -0.05) is 22.0 Å². The Balaban J connectivity index is 1.97. The van der Waals surface area contributed by atoms with E-state index in [1.807, 2.05) is 0 Å². The molecule has 22 heavy (non-hydrogen) atoms. The first-order valence-corrected chi connectivity index (χ1v) is 8.85. The minimum atomic E-state index is -0.122. The second kappa shape index (κ2) is 8.53. The topological polar surface area (TPSA) is 56.7 Å². The van der Waals surface area contributed by atoms with Gasteiger partial charge in [-0.15, -0.1) is 0 Å². The molecule has 0 heterocycles. The predicted molar refractivity (Wildman–Crippen MR) is 95.1 cm³/mol. The Hall–Kier alpha value is -1.07. The van der Waals surface area contributed by atoms with Crippen LogP contribution in [0.4, 0.5) is 0 Å². The van der Waals surface area contributed by atoms with Crippen LogP contribution in [-0.2, 0) is 6.54 Å². The SMILES string of the molecule is CCNC(=NCc1ccc(Br)cc1C)NC1CCC(O)CC1. The summed E-state index contributed by atoms with van der Waals surface area (Å²) in [6, 6.07) is 6.70. The van der Waals surface area contributed by atoms with Crippen LogP contribution < -0.4 is 10.6 Å². The molecule has 1 aromatic rings. The summed E-state index contributed by atoms with van der Waals surface area (Å²) in [5, 5.41) is 16.4. The van der Waals surface area contributed by atoms with Gasteiger partial charge in [0.15, 0.2) is 5.96 Å². The van der Waals surface area contributed by atoms with Crippen LogP contribution in [0.2, 0.25) is 0 Å². The Morgan fingerprint density at radius 1 is 1.32 bits per heavy atom. The highest BCUT2D eigenvalue weighted by Crippen LogP contribution is 2.19. The van der Waals surface area contributed by atoms with Crippen molar-refractivity contribution in [1.29, 1.82) is 0 Å². The fraction of sp³-hybridized carbons (Fsp3) is 0.588. The van der Waals surface area contributed by atoms with Gasteiger partial charge in [-0.05, 0) is 62.8 Å². The molecule has 122 valence electrons. The molecule has 2 rings (SSSR count). The number of nitrogens with zero attached hydrogens (tertiary/aromatic N) is 1. The summed E-state index contributed by atoms with van der Waals surface area (Å²) in [6.45, 7) is 5.70. The molecule has 4 nitrogen and oxygen atoms in total. The van der Waals surface area contributed by atoms with E-state index < -0.39 is 0 Å². The van der Waals surface area contributed by atoms with E-state index in [0.29, 0.717) is 12.6 Å². The van der Waals surface area contributed by atoms with E-state index in [2.05, 4.69) is 58.6 Å². The van der Waals surface area contributed by atoms with Crippen molar-refractivity contribution < 1.29 is 5.11 Å². The largest absolute Gasteiger partial charge is 0.393 e. The molecular formula is C17H26BrN3O. The van der Waals surface area contributed by atoms with Crippen molar-refractivity contribution >= 4 is 21.9 Å². The van der Waals surface area contributed by atoms with Crippen molar-refractivity contribution in [1.82, 2.24) is 10.6 Å². The molecule has 0 atom stereocenters. The first-order chi connectivity index (χ1) is 10.6. The lowest BCUT2D eigenvalue weighted by molar-refractivity contribution is 0.120. The highest BCUT2D eigenvalue weighted by molar-refractivity contribution is 9.10. The van der Waals surface area contributed by atoms with E-state index in [1.54, 1.807) is 0 Å². The second-order valence-electron chi connectivity index (χ2n) is 5.92. The van der Waals surface area contributed by atoms with Gasteiger partial charge in [-0.3, -0.25) is 0 Å². The van der Waals surface area contributed by atoms with Gasteiger partial charge in [0.2, 0.25) is 0 Å². The molecule has 1 saturated carbocycles. The smallest absolute Gasteiger partial charge is 0.191 e. The Bertz CT molecular complexity index is 511. The fourth-order valence-electron chi connectivity index (χ4n) is 2.73. The Morgan fingerprint density at radius 2 is 2.05 bits per heavy atom. The first kappa shape index (κ1) is 17.3. The van der Waals surface area contributed by atoms with Crippen molar-refractivity contribution in [3.8, 4) is 0 Å². The minimum absolute atomic E-state index is 0.122. The number of nitrogens with one attached hydrogen (secondary N) is 2. The van der Waals surface area contributed by atoms with E-state index >= 15 is 0 Å². The van der Waals surface area contributed by atoms with Crippen LogP contribution in [0.1, 0.15) is 43.7 Å². The third-order valence-corrected chi connectivity index (χ3v) is 4.59. The van der Waals surface area contributed by atoms with Gasteiger partial charge in [0, 0.05) is 17.1 Å². The van der Waals surface area contributed by atoms with Crippen LogP contribution in [0, 0.1) is 6.92 Å². The molecule has 0 amide bonds. The summed E-state index contributed by atoms with van der Waals surface area (Å²) < 4.78 is 1.10. The average molecular weight is 368 g/mol. The lowest BCUT2D eigenvalue weighted by atomic mass is 9.93. The van der Waals surface area contributed by atoms with Crippen LogP contribution in [0.3, 0.4) is 0 Å². The molecule has 1 aliphatic rings. The fourth-order valence-corrected chi connectivity index (χ4v) is 3.21. The third-order valence-electron chi connectivity index (χ3n) is 4.09. The third kappa shape index (κ3) is 5.29. The molecule has 1 fully saturated rings. The van der Waals surface area contributed by atoms with E-state index in [1.165, 1.54) is 11.1 Å². The molecule has 0 spiro atoms. The van der Waals surface area contributed by atoms with Crippen molar-refractivity contribution in [2.24, 2.45) is 4.99 Å². The lowest BCUT2D eigenvalue weighted by Crippen LogP contribution is -2.45. The van der Waals surface area contributed by atoms with Crippen molar-refractivity contribution in [3.63, 3.8) is 0 Å². The molecule has 0 radical (unpaired) electrons. The molecule has 0 unspecified atom stereocenters. The van der Waals surface area contributed by atoms with Crippen LogP contribution >= 0.6 is 15.9 Å². The van der Waals surface area contributed by atoms with Gasteiger partial charge in [0.25, 0.3) is 0 Å². The number of rotatable bonds is 4. The summed E-state index contributed by atoms with van der Waals surface area (Å²) in [7, 11) is 0. The maximum atomic E-state index is 9.59. The van der Waals surface area contributed by atoms with E-state index in [-0.39, 0.29) is 6.10 Å². The second-order valence-corrected chi connectivity index (χ2v) is 6.83. The maximum absolute atomic E-state index is 9.59. The molecule has 0 saturated heterocycles. The first-order valence-electron chi connectivity index (χ1n) is 8.06. The molecule has 1 aliphatic carbocycles. The quantitative estimate of drug-likeness (QED) is 0.565. The van der Waals surface area contributed by atoms with Crippen LogP contribution in [0.25, 0.3) is 0 Å². The number of guanidine groups is 1. The molecule has 5 heteroatoms. The lowest BCUT2D eigenvalue weighted by Gasteiger charge is -2.27. The number of halogens is 1. The van der Waals surface area contributed by atoms with E-state index in [9.17, 15) is 5.11 Å². The zero-order valence-corrected chi connectivity index (χ0v) is 15.0. The van der Waals surface area contributed by atoms with Gasteiger partial charge >= 0.3 is 0 Å². The molecule has 3 N–H and O–H groups in total. The normalized spacial score (nSPS) is 22.5. The highest BCUT2D eigenvalue weighted by Gasteiger charge is 2.19. The molecule has 0 bridgehead atoms. The van der Waals surface area contributed by atoms with Crippen molar-refractivity contribution in [2.45, 2.75) is 58.2 Å². The van der Waals surface area contributed by atoms with Crippen LogP contribution in [0.15, 0.2) is 27.7 Å². The summed E-state index contributed by atoms with van der Waals surface area (Å²) in [6.07, 6.45) is 3.64. The van der Waals surface area contributed by atoms with Gasteiger partial charge in [-0.25, -0.2) is 4.99 Å². The predicted octanol–water partition coefficient (Wildman–Crippen LogP) is 3.12. The molecule has 0 aromatic heterocycles. The van der Waals surface area contributed by atoms with Gasteiger partial charge in [-0.2, -0.15) is 0 Å². The summed E-state index contributed by atoms with van der Waals surface area (Å²) in [4.78, 5) is 4.70. The molecular weight excluding hydrogens is 342 g/mol. The Labute approximate surface area is 141 Å². The van der Waals surface area contributed by atoms with Gasteiger partial charge in [0.1, 0.15) is 0 Å². The monoisotopic (exact) mass is 367 g/mol. The molecule has 0 aliphatic heterocycles. The number of aliphatic hydroxyl groups excluding tert-OH is 1. The zero-order chi connectivity index (χ0) is 15.9. The number of hydrogen-bond donors (Lipinski definition) is 3. The van der Waals surface area contributed by atoms with Gasteiger partial charge in [0.05, 0.1) is 12.6 Å². The molecule has 1 aromatic carbocycles. The Kier molecular flexibility index (Phi) is 6.70. The summed E-state index contributed by atoms with van der Waals surface area (Å²) in [5.41, 5.74) is 2.48. The maximum Gasteiger partial charge on any atom is 0.191 e. The zero-order valence-electron chi connectivity index (χ0n) is 13.4. The summed E-state index contributed by atoms with van der Waals surface area (Å²) in [5.74, 6) is 0.867. The van der Waals surface area contributed by atoms with Crippen LogP contribution in [0.5, 0.6) is 0 Å². The number of aliphatic hydroxyl groups is 1. The number of benzene rings is 1. The van der Waals surface area contributed by atoms with Crippen molar-refractivity contribution in [3.05, 3.63) is 33.8 Å². The standard InChI is InChI=1S/C17H26BrN3O/c1-3-19-17(21-15-6-8-16(22)9-7-15)20-11-13-4-5-14(18)10-12(13)2/h4-5,10,15-16,22H,3,6-9,11H2,1-2H3,(H2,19,20,21). The van der Waals surface area contributed by atoms with Crippen LogP contribution in [-0.4, -0.2) is 29.8 Å². The van der Waals surface area contributed by atoms with E-state index in [4.69, 9.17) is 4.99 Å². The Morgan fingerprint density at radius 3 is 2.68 bits per heavy atom. The number of aryl methyl sites for hydroxylation is 1. The van der Waals surface area contributed by atoms with E-state index in [0.717, 1.165) is 42.7 Å². The van der Waals surface area contributed by atoms with Crippen molar-refractivity contribution in [2.75, 3.05) is 6.54 Å². The minimum Gasteiger partial charge on any atom is -0.393 e. The van der Waals surface area contributed by atoms with Gasteiger partial charge < -0.3 is 15.7 Å². The number of aliphatic imine (C=N–C) groups is 1. The average Bonchev–Trinajstić information content (AvgIpc) is 2.48. The number of hydrogen-bond acceptors (Lipinski definition) is 2.